The lowest BCUT2D eigenvalue weighted by Gasteiger charge is -2.27. The molecule has 1 aromatic carbocycles. The number of hydrogen-bond acceptors (Lipinski definition) is 5. The molecule has 4 rings (SSSR count). The van der Waals surface area contributed by atoms with E-state index in [1.165, 1.54) is 4.90 Å². The Morgan fingerprint density at radius 3 is 2.33 bits per heavy atom. The van der Waals surface area contributed by atoms with Gasteiger partial charge in [0, 0.05) is 31.1 Å². The van der Waals surface area contributed by atoms with Crippen LogP contribution in [0.25, 0.3) is 0 Å². The van der Waals surface area contributed by atoms with Crippen molar-refractivity contribution in [3.8, 4) is 11.5 Å². The number of benzene rings is 1. The molecule has 0 spiro atoms. The van der Waals surface area contributed by atoms with Crippen LogP contribution in [-0.2, 0) is 14.4 Å². The van der Waals surface area contributed by atoms with E-state index in [1.54, 1.807) is 14.2 Å². The number of rotatable bonds is 6. The first kappa shape index (κ1) is 20.7. The van der Waals surface area contributed by atoms with E-state index in [1.807, 2.05) is 23.1 Å². The molecule has 0 aromatic heterocycles. The summed E-state index contributed by atoms with van der Waals surface area (Å²) in [6.45, 7) is 0.859. The van der Waals surface area contributed by atoms with Crippen molar-refractivity contribution < 1.29 is 23.9 Å². The van der Waals surface area contributed by atoms with E-state index in [0.717, 1.165) is 44.1 Å². The van der Waals surface area contributed by atoms with Crippen LogP contribution in [0.4, 0.5) is 0 Å². The van der Waals surface area contributed by atoms with Gasteiger partial charge in [0.2, 0.25) is 17.7 Å². The highest BCUT2D eigenvalue weighted by Gasteiger charge is 2.48. The molecule has 7 heteroatoms. The third-order valence-corrected chi connectivity index (χ3v) is 6.85. The maximum absolute atomic E-state index is 13.0. The van der Waals surface area contributed by atoms with Gasteiger partial charge < -0.3 is 14.4 Å². The Bertz CT molecular complexity index is 815. The Morgan fingerprint density at radius 2 is 1.70 bits per heavy atom. The van der Waals surface area contributed by atoms with Crippen molar-refractivity contribution in [2.45, 2.75) is 51.0 Å². The molecule has 2 saturated heterocycles. The second kappa shape index (κ2) is 8.66. The highest BCUT2D eigenvalue weighted by molar-refractivity contribution is 6.05. The zero-order valence-electron chi connectivity index (χ0n) is 17.8. The average molecular weight is 415 g/mol. The summed E-state index contributed by atoms with van der Waals surface area (Å²) in [4.78, 5) is 41.6. The van der Waals surface area contributed by atoms with Gasteiger partial charge in [0.25, 0.3) is 0 Å². The molecule has 7 nitrogen and oxygen atoms in total. The predicted octanol–water partition coefficient (Wildman–Crippen LogP) is 2.93. The standard InChI is InChI=1S/C23H30N2O5/c1-29-15-9-10-18(20(14-15)30-2)19-8-5-12-24(19)21(26)11-13-25-22(27)16-6-3-4-7-17(16)23(25)28/h9-10,14,16-17,19H,3-8,11-13H2,1-2H3/t16-,17-,19+/m0/s1. The molecule has 1 saturated carbocycles. The molecule has 1 aliphatic carbocycles. The van der Waals surface area contributed by atoms with Gasteiger partial charge in [0.15, 0.2) is 0 Å². The molecule has 0 unspecified atom stereocenters. The Hall–Kier alpha value is -2.57. The molecule has 0 radical (unpaired) electrons. The van der Waals surface area contributed by atoms with Crippen molar-refractivity contribution >= 4 is 17.7 Å². The van der Waals surface area contributed by atoms with Crippen molar-refractivity contribution in [3.63, 3.8) is 0 Å². The fourth-order valence-electron chi connectivity index (χ4n) is 5.28. The van der Waals surface area contributed by atoms with Crippen LogP contribution in [0.15, 0.2) is 18.2 Å². The van der Waals surface area contributed by atoms with Gasteiger partial charge in [-0.05, 0) is 37.8 Å². The molecule has 0 N–H and O–H groups in total. The molecular weight excluding hydrogens is 384 g/mol. The van der Waals surface area contributed by atoms with Crippen LogP contribution in [0.2, 0.25) is 0 Å². The normalized spacial score (nSPS) is 26.1. The molecule has 1 aromatic rings. The largest absolute Gasteiger partial charge is 0.497 e. The quantitative estimate of drug-likeness (QED) is 0.669. The Morgan fingerprint density at radius 1 is 1.00 bits per heavy atom. The van der Waals surface area contributed by atoms with Gasteiger partial charge in [-0.1, -0.05) is 12.8 Å². The first-order valence-corrected chi connectivity index (χ1v) is 10.9. The Balaban J connectivity index is 1.43. The number of ether oxygens (including phenoxy) is 2. The summed E-state index contributed by atoms with van der Waals surface area (Å²) in [6.07, 6.45) is 5.55. The number of nitrogens with zero attached hydrogens (tertiary/aromatic N) is 2. The molecule has 3 amide bonds. The number of carbonyl (C=O) groups is 3. The Labute approximate surface area is 177 Å². The fraction of sp³-hybridized carbons (Fsp3) is 0.609. The molecule has 162 valence electrons. The zero-order chi connectivity index (χ0) is 21.3. The van der Waals surface area contributed by atoms with Crippen LogP contribution in [0, 0.1) is 11.8 Å². The lowest BCUT2D eigenvalue weighted by atomic mass is 9.81. The van der Waals surface area contributed by atoms with Gasteiger partial charge in [-0.25, -0.2) is 0 Å². The predicted molar refractivity (Wildman–Crippen MR) is 110 cm³/mol. The third kappa shape index (κ3) is 3.66. The number of amides is 3. The zero-order valence-corrected chi connectivity index (χ0v) is 17.8. The first-order chi connectivity index (χ1) is 14.5. The monoisotopic (exact) mass is 414 g/mol. The summed E-state index contributed by atoms with van der Waals surface area (Å²) < 4.78 is 10.8. The summed E-state index contributed by atoms with van der Waals surface area (Å²) in [5.74, 6) is 0.909. The molecule has 2 heterocycles. The highest BCUT2D eigenvalue weighted by Crippen LogP contribution is 2.40. The molecule has 30 heavy (non-hydrogen) atoms. The van der Waals surface area contributed by atoms with E-state index in [9.17, 15) is 14.4 Å². The van der Waals surface area contributed by atoms with Crippen molar-refractivity contribution in [3.05, 3.63) is 23.8 Å². The first-order valence-electron chi connectivity index (χ1n) is 10.9. The minimum atomic E-state index is -0.163. The van der Waals surface area contributed by atoms with Gasteiger partial charge >= 0.3 is 0 Å². The van der Waals surface area contributed by atoms with Crippen molar-refractivity contribution in [2.75, 3.05) is 27.3 Å². The van der Waals surface area contributed by atoms with Gasteiger partial charge in [0.05, 0.1) is 32.1 Å². The number of imide groups is 1. The maximum atomic E-state index is 13.0. The van der Waals surface area contributed by atoms with Crippen molar-refractivity contribution in [2.24, 2.45) is 11.8 Å². The van der Waals surface area contributed by atoms with Crippen LogP contribution < -0.4 is 9.47 Å². The molecule has 3 aliphatic rings. The van der Waals surface area contributed by atoms with E-state index in [0.29, 0.717) is 18.0 Å². The van der Waals surface area contributed by atoms with Gasteiger partial charge in [-0.15, -0.1) is 0 Å². The van der Waals surface area contributed by atoms with Crippen LogP contribution >= 0.6 is 0 Å². The average Bonchev–Trinajstić information content (AvgIpc) is 3.36. The topological polar surface area (TPSA) is 76.2 Å². The van der Waals surface area contributed by atoms with Gasteiger partial charge in [-0.3, -0.25) is 19.3 Å². The number of hydrogen-bond donors (Lipinski definition) is 0. The fourth-order valence-corrected chi connectivity index (χ4v) is 5.28. The molecular formula is C23H30N2O5. The van der Waals surface area contributed by atoms with E-state index < -0.39 is 0 Å². The number of likely N-dealkylation sites (tertiary alicyclic amines) is 2. The number of fused-ring (bicyclic) bond motifs is 1. The SMILES string of the molecule is COc1ccc([C@H]2CCCN2C(=O)CCN2C(=O)[C@H]3CCCC[C@@H]3C2=O)c(OC)c1. The van der Waals surface area contributed by atoms with Crippen LogP contribution in [0.5, 0.6) is 11.5 Å². The number of carbonyl (C=O) groups excluding carboxylic acids is 3. The summed E-state index contributed by atoms with van der Waals surface area (Å²) >= 11 is 0. The van der Waals surface area contributed by atoms with Crippen molar-refractivity contribution in [1.82, 2.24) is 9.80 Å². The van der Waals surface area contributed by atoms with E-state index in [2.05, 4.69) is 0 Å². The summed E-state index contributed by atoms with van der Waals surface area (Å²) in [6, 6.07) is 5.60. The smallest absolute Gasteiger partial charge is 0.233 e. The summed E-state index contributed by atoms with van der Waals surface area (Å²) in [7, 11) is 3.22. The van der Waals surface area contributed by atoms with E-state index in [-0.39, 0.29) is 48.6 Å². The van der Waals surface area contributed by atoms with Gasteiger partial charge in [-0.2, -0.15) is 0 Å². The number of methoxy groups -OCH3 is 2. The van der Waals surface area contributed by atoms with Crippen LogP contribution in [0.3, 0.4) is 0 Å². The minimum absolute atomic E-state index is 0.0224. The summed E-state index contributed by atoms with van der Waals surface area (Å²) in [5.41, 5.74) is 0.962. The lowest BCUT2D eigenvalue weighted by molar-refractivity contribution is -0.141. The third-order valence-electron chi connectivity index (χ3n) is 6.85. The second-order valence-electron chi connectivity index (χ2n) is 8.43. The van der Waals surface area contributed by atoms with Crippen molar-refractivity contribution in [1.29, 1.82) is 0 Å². The molecule has 2 aliphatic heterocycles. The Kier molecular flexibility index (Phi) is 5.97. The van der Waals surface area contributed by atoms with Crippen LogP contribution in [0.1, 0.15) is 56.6 Å². The maximum Gasteiger partial charge on any atom is 0.233 e. The minimum Gasteiger partial charge on any atom is -0.497 e. The van der Waals surface area contributed by atoms with E-state index in [4.69, 9.17) is 9.47 Å². The highest BCUT2D eigenvalue weighted by atomic mass is 16.5. The molecule has 3 fully saturated rings. The molecule has 0 bridgehead atoms. The molecule has 3 atom stereocenters. The second-order valence-corrected chi connectivity index (χ2v) is 8.43. The van der Waals surface area contributed by atoms with Crippen LogP contribution in [-0.4, -0.2) is 54.8 Å². The van der Waals surface area contributed by atoms with Gasteiger partial charge in [0.1, 0.15) is 11.5 Å². The van der Waals surface area contributed by atoms with E-state index >= 15 is 0 Å². The summed E-state index contributed by atoms with van der Waals surface area (Å²) in [5, 5.41) is 0. The lowest BCUT2D eigenvalue weighted by Crippen LogP contribution is -2.37.